The Morgan fingerprint density at radius 2 is 2.25 bits per heavy atom. The number of nitrogens with one attached hydrogen (secondary N) is 1. The zero-order valence-corrected chi connectivity index (χ0v) is 10.5. The van der Waals surface area contributed by atoms with Gasteiger partial charge in [-0.3, -0.25) is 0 Å². The lowest BCUT2D eigenvalue weighted by Gasteiger charge is -2.18. The highest BCUT2D eigenvalue weighted by Gasteiger charge is 2.35. The van der Waals surface area contributed by atoms with E-state index in [0.717, 1.165) is 19.0 Å². The molecule has 0 radical (unpaired) electrons. The van der Waals surface area contributed by atoms with Gasteiger partial charge >= 0.3 is 0 Å². The number of anilines is 1. The van der Waals surface area contributed by atoms with E-state index >= 15 is 0 Å². The molecule has 2 aliphatic rings. The molecule has 3 rings (SSSR count). The van der Waals surface area contributed by atoms with Crippen molar-refractivity contribution in [3.8, 4) is 0 Å². The number of aromatic nitrogens is 1. The van der Waals surface area contributed by atoms with Crippen molar-refractivity contribution < 1.29 is 0 Å². The second kappa shape index (κ2) is 4.78. The molecule has 2 saturated heterocycles. The van der Waals surface area contributed by atoms with E-state index in [1.165, 1.54) is 18.7 Å². The van der Waals surface area contributed by atoms with E-state index in [1.807, 2.05) is 12.3 Å². The summed E-state index contributed by atoms with van der Waals surface area (Å²) >= 11 is 5.77. The summed E-state index contributed by atoms with van der Waals surface area (Å²) in [6.45, 7) is 3.44. The van der Waals surface area contributed by atoms with Gasteiger partial charge in [0.05, 0.1) is 11.9 Å². The van der Waals surface area contributed by atoms with Gasteiger partial charge in [0, 0.05) is 19.1 Å². The van der Waals surface area contributed by atoms with Crippen LogP contribution in [0.3, 0.4) is 0 Å². The van der Waals surface area contributed by atoms with Gasteiger partial charge in [-0.2, -0.15) is 0 Å². The standard InChI is InChI=1S/C11H14ClN3.ClH/c12-11-2-1-9(5-14-11)15-6-8-3-4-13-10(8)7-15;/h1-2,5,8,10,13H,3-4,6-7H2;1H. The third kappa shape index (κ3) is 2.12. The average Bonchev–Trinajstić information content (AvgIpc) is 2.78. The van der Waals surface area contributed by atoms with Gasteiger partial charge in [0.15, 0.2) is 0 Å². The van der Waals surface area contributed by atoms with Crippen molar-refractivity contribution in [1.29, 1.82) is 0 Å². The third-order valence-corrected chi connectivity index (χ3v) is 3.66. The van der Waals surface area contributed by atoms with E-state index in [1.54, 1.807) is 0 Å². The van der Waals surface area contributed by atoms with Crippen LogP contribution in [-0.2, 0) is 0 Å². The van der Waals surface area contributed by atoms with Crippen molar-refractivity contribution in [2.75, 3.05) is 24.5 Å². The van der Waals surface area contributed by atoms with Crippen molar-refractivity contribution in [3.63, 3.8) is 0 Å². The predicted octanol–water partition coefficient (Wildman–Crippen LogP) is 1.95. The SMILES string of the molecule is Cl.Clc1ccc(N2CC3CCNC3C2)cn1. The maximum atomic E-state index is 5.77. The minimum atomic E-state index is 0. The number of fused-ring (bicyclic) bond motifs is 1. The smallest absolute Gasteiger partial charge is 0.129 e. The molecule has 88 valence electrons. The molecule has 2 fully saturated rings. The van der Waals surface area contributed by atoms with Crippen molar-refractivity contribution in [3.05, 3.63) is 23.5 Å². The van der Waals surface area contributed by atoms with Crippen molar-refractivity contribution >= 4 is 29.7 Å². The molecule has 2 unspecified atom stereocenters. The molecule has 0 saturated carbocycles. The number of hydrogen-bond donors (Lipinski definition) is 1. The number of rotatable bonds is 1. The Balaban J connectivity index is 0.000000963. The van der Waals surface area contributed by atoms with E-state index in [9.17, 15) is 0 Å². The Labute approximate surface area is 107 Å². The average molecular weight is 260 g/mol. The van der Waals surface area contributed by atoms with Gasteiger partial charge in [0.1, 0.15) is 5.15 Å². The second-order valence-corrected chi connectivity index (χ2v) is 4.74. The lowest BCUT2D eigenvalue weighted by atomic mass is 10.1. The van der Waals surface area contributed by atoms with Gasteiger partial charge in [0.25, 0.3) is 0 Å². The molecule has 0 amide bonds. The molecule has 5 heteroatoms. The number of halogens is 2. The van der Waals surface area contributed by atoms with E-state index in [4.69, 9.17) is 11.6 Å². The third-order valence-electron chi connectivity index (χ3n) is 3.44. The molecule has 0 spiro atoms. The molecule has 0 aliphatic carbocycles. The predicted molar refractivity (Wildman–Crippen MR) is 68.6 cm³/mol. The number of pyridine rings is 1. The molecule has 1 N–H and O–H groups in total. The fourth-order valence-electron chi connectivity index (χ4n) is 2.62. The summed E-state index contributed by atoms with van der Waals surface area (Å²) in [5.74, 6) is 0.820. The van der Waals surface area contributed by atoms with Crippen LogP contribution in [0.15, 0.2) is 18.3 Å². The zero-order valence-electron chi connectivity index (χ0n) is 8.90. The first-order valence-electron chi connectivity index (χ1n) is 5.43. The van der Waals surface area contributed by atoms with Gasteiger partial charge in [-0.25, -0.2) is 4.98 Å². The first-order valence-corrected chi connectivity index (χ1v) is 5.80. The maximum absolute atomic E-state index is 5.77. The normalized spacial score (nSPS) is 27.7. The molecule has 0 aromatic carbocycles. The van der Waals surface area contributed by atoms with Crippen LogP contribution in [0.2, 0.25) is 5.15 Å². The summed E-state index contributed by atoms with van der Waals surface area (Å²) in [6, 6.07) is 4.59. The summed E-state index contributed by atoms with van der Waals surface area (Å²) in [7, 11) is 0. The Morgan fingerprint density at radius 1 is 1.38 bits per heavy atom. The van der Waals surface area contributed by atoms with Crippen LogP contribution >= 0.6 is 24.0 Å². The maximum Gasteiger partial charge on any atom is 0.129 e. The topological polar surface area (TPSA) is 28.2 Å². The van der Waals surface area contributed by atoms with Crippen LogP contribution in [0.1, 0.15) is 6.42 Å². The summed E-state index contributed by atoms with van der Waals surface area (Å²) in [5.41, 5.74) is 1.19. The van der Waals surface area contributed by atoms with E-state index in [-0.39, 0.29) is 12.4 Å². The van der Waals surface area contributed by atoms with Gasteiger partial charge in [-0.05, 0) is 31.0 Å². The van der Waals surface area contributed by atoms with Gasteiger partial charge in [-0.1, -0.05) is 11.6 Å². The minimum Gasteiger partial charge on any atom is -0.368 e. The minimum absolute atomic E-state index is 0. The Morgan fingerprint density at radius 3 is 2.94 bits per heavy atom. The van der Waals surface area contributed by atoms with Gasteiger partial charge in [-0.15, -0.1) is 12.4 Å². The molecule has 1 aromatic rings. The first-order chi connectivity index (χ1) is 7.33. The van der Waals surface area contributed by atoms with Crippen molar-refractivity contribution in [1.82, 2.24) is 10.3 Å². The lowest BCUT2D eigenvalue weighted by molar-refractivity contribution is 0.556. The molecule has 2 atom stereocenters. The molecule has 3 nitrogen and oxygen atoms in total. The zero-order chi connectivity index (χ0) is 10.3. The largest absolute Gasteiger partial charge is 0.368 e. The summed E-state index contributed by atoms with van der Waals surface area (Å²) in [6.07, 6.45) is 3.17. The quantitative estimate of drug-likeness (QED) is 0.782. The van der Waals surface area contributed by atoms with Crippen LogP contribution in [0.25, 0.3) is 0 Å². The highest BCUT2D eigenvalue weighted by Crippen LogP contribution is 2.28. The Bertz CT molecular complexity index is 343. The second-order valence-electron chi connectivity index (χ2n) is 4.35. The summed E-state index contributed by atoms with van der Waals surface area (Å²) in [4.78, 5) is 6.51. The van der Waals surface area contributed by atoms with Crippen LogP contribution in [0, 0.1) is 5.92 Å². The van der Waals surface area contributed by atoms with Crippen molar-refractivity contribution in [2.45, 2.75) is 12.5 Å². The molecular weight excluding hydrogens is 245 g/mol. The highest BCUT2D eigenvalue weighted by atomic mass is 35.5. The summed E-state index contributed by atoms with van der Waals surface area (Å²) < 4.78 is 0. The van der Waals surface area contributed by atoms with Crippen LogP contribution in [-0.4, -0.2) is 30.7 Å². The number of nitrogens with zero attached hydrogens (tertiary/aromatic N) is 2. The Kier molecular flexibility index (Phi) is 3.57. The van der Waals surface area contributed by atoms with Gasteiger partial charge < -0.3 is 10.2 Å². The first kappa shape index (κ1) is 12.0. The van der Waals surface area contributed by atoms with Crippen LogP contribution in [0.4, 0.5) is 5.69 Å². The molecule has 1 aromatic heterocycles. The van der Waals surface area contributed by atoms with E-state index < -0.39 is 0 Å². The molecule has 3 heterocycles. The van der Waals surface area contributed by atoms with Crippen LogP contribution in [0.5, 0.6) is 0 Å². The molecule has 2 aliphatic heterocycles. The van der Waals surface area contributed by atoms with E-state index in [0.29, 0.717) is 11.2 Å². The Hall–Kier alpha value is -0.510. The molecule has 16 heavy (non-hydrogen) atoms. The van der Waals surface area contributed by atoms with E-state index in [2.05, 4.69) is 21.3 Å². The van der Waals surface area contributed by atoms with Crippen molar-refractivity contribution in [2.24, 2.45) is 5.92 Å². The molecule has 0 bridgehead atoms. The summed E-state index contributed by atoms with van der Waals surface area (Å²) in [5, 5.41) is 4.11. The fraction of sp³-hybridized carbons (Fsp3) is 0.545. The fourth-order valence-corrected chi connectivity index (χ4v) is 2.73. The number of hydrogen-bond acceptors (Lipinski definition) is 3. The van der Waals surface area contributed by atoms with Crippen LogP contribution < -0.4 is 10.2 Å². The van der Waals surface area contributed by atoms with Gasteiger partial charge in [0.2, 0.25) is 0 Å². The molecular formula is C11H15Cl2N3. The lowest BCUT2D eigenvalue weighted by Crippen LogP contribution is -2.30. The monoisotopic (exact) mass is 259 g/mol. The highest BCUT2D eigenvalue weighted by molar-refractivity contribution is 6.29.